The molecule has 0 atom stereocenters. The summed E-state index contributed by atoms with van der Waals surface area (Å²) in [6.45, 7) is 4.23. The lowest BCUT2D eigenvalue weighted by molar-refractivity contribution is 1.06. The quantitative estimate of drug-likeness (QED) is 0.383. The predicted octanol–water partition coefficient (Wildman–Crippen LogP) is 3.22. The molecule has 0 aromatic rings. The van der Waals surface area contributed by atoms with Gasteiger partial charge in [-0.25, -0.2) is 0 Å². The molecule has 0 N–H and O–H groups in total. The van der Waals surface area contributed by atoms with Crippen LogP contribution in [0, 0.1) is 22.7 Å². The maximum atomic E-state index is 8.87. The Kier molecular flexibility index (Phi) is 7.27. The second-order valence-electron chi connectivity index (χ2n) is 2.57. The summed E-state index contributed by atoms with van der Waals surface area (Å²) in [6.07, 6.45) is 5.30. The van der Waals surface area contributed by atoms with Gasteiger partial charge < -0.3 is 0 Å². The van der Waals surface area contributed by atoms with Crippen LogP contribution in [-0.2, 0) is 0 Å². The van der Waals surface area contributed by atoms with E-state index in [9.17, 15) is 0 Å². The van der Waals surface area contributed by atoms with E-state index in [1.165, 1.54) is 0 Å². The van der Waals surface area contributed by atoms with Crippen molar-refractivity contribution in [1.82, 2.24) is 0 Å². The summed E-state index contributed by atoms with van der Waals surface area (Å²) in [7, 11) is -0.246. The summed E-state index contributed by atoms with van der Waals surface area (Å²) in [6, 6.07) is 4.32. The van der Waals surface area contributed by atoms with E-state index in [4.69, 9.17) is 10.5 Å². The Morgan fingerprint density at radius 3 is 2.31 bits per heavy atom. The molecular formula is C10H15N2P. The first-order valence-electron chi connectivity index (χ1n) is 4.52. The molecule has 0 radical (unpaired) electrons. The third kappa shape index (κ3) is 4.66. The maximum Gasteiger partial charge on any atom is 0.0992 e. The lowest BCUT2D eigenvalue weighted by atomic mass is 10.3. The standard InChI is InChI=1S/C10H15N2P/c1-3-13(4-2)10(9-12)7-5-6-8-11/h7H,3-6H2,1-2H3/b10-7+. The molecule has 70 valence electrons. The molecule has 0 fully saturated rings. The minimum atomic E-state index is -0.246. The summed E-state index contributed by atoms with van der Waals surface area (Å²) in [4.78, 5) is 0. The van der Waals surface area contributed by atoms with Gasteiger partial charge in [-0.15, -0.1) is 0 Å². The number of unbranched alkanes of at least 4 members (excludes halogenated alkanes) is 1. The molecule has 0 aliphatic carbocycles. The summed E-state index contributed by atoms with van der Waals surface area (Å²) in [5.41, 5.74) is 0. The van der Waals surface area contributed by atoms with Gasteiger partial charge in [-0.05, 0) is 18.7 Å². The summed E-state index contributed by atoms with van der Waals surface area (Å²) in [5.74, 6) is 0. The molecule has 3 heteroatoms. The molecule has 0 spiro atoms. The van der Waals surface area contributed by atoms with E-state index in [1.54, 1.807) is 0 Å². The number of rotatable bonds is 5. The maximum absolute atomic E-state index is 8.87. The number of nitriles is 2. The Labute approximate surface area is 81.6 Å². The van der Waals surface area contributed by atoms with E-state index in [-0.39, 0.29) is 7.92 Å². The Balaban J connectivity index is 4.24. The zero-order valence-electron chi connectivity index (χ0n) is 8.25. The summed E-state index contributed by atoms with van der Waals surface area (Å²) in [5, 5.41) is 18.1. The third-order valence-electron chi connectivity index (χ3n) is 1.81. The van der Waals surface area contributed by atoms with E-state index in [0.29, 0.717) is 6.42 Å². The first-order valence-corrected chi connectivity index (χ1v) is 6.23. The summed E-state index contributed by atoms with van der Waals surface area (Å²) >= 11 is 0. The van der Waals surface area contributed by atoms with Gasteiger partial charge >= 0.3 is 0 Å². The molecule has 0 unspecified atom stereocenters. The molecule has 13 heavy (non-hydrogen) atoms. The van der Waals surface area contributed by atoms with Crippen LogP contribution in [0.15, 0.2) is 11.4 Å². The topological polar surface area (TPSA) is 47.6 Å². The Morgan fingerprint density at radius 2 is 1.92 bits per heavy atom. The van der Waals surface area contributed by atoms with Crippen molar-refractivity contribution in [3.8, 4) is 12.1 Å². The average molecular weight is 194 g/mol. The third-order valence-corrected chi connectivity index (χ3v) is 4.30. The Bertz CT molecular complexity index is 241. The number of allylic oxidation sites excluding steroid dienone is 2. The highest BCUT2D eigenvalue weighted by Gasteiger charge is 2.07. The summed E-state index contributed by atoms with van der Waals surface area (Å²) < 4.78 is 0. The first-order chi connectivity index (χ1) is 6.29. The SMILES string of the molecule is CCP(CC)/C(C#N)=C/CCC#N. The first kappa shape index (κ1) is 12.2. The highest BCUT2D eigenvalue weighted by Crippen LogP contribution is 2.43. The van der Waals surface area contributed by atoms with Crippen LogP contribution >= 0.6 is 7.92 Å². The predicted molar refractivity (Wildman–Crippen MR) is 56.5 cm³/mol. The molecular weight excluding hydrogens is 179 g/mol. The fourth-order valence-electron chi connectivity index (χ4n) is 1.08. The van der Waals surface area contributed by atoms with E-state index < -0.39 is 0 Å². The second-order valence-corrected chi connectivity index (χ2v) is 5.40. The molecule has 0 saturated carbocycles. The van der Waals surface area contributed by atoms with Gasteiger partial charge in [-0.1, -0.05) is 27.8 Å². The van der Waals surface area contributed by atoms with Gasteiger partial charge in [0.05, 0.1) is 12.1 Å². The van der Waals surface area contributed by atoms with Crippen LogP contribution < -0.4 is 0 Å². The van der Waals surface area contributed by atoms with E-state index in [2.05, 4.69) is 26.0 Å². The number of nitrogens with zero attached hydrogens (tertiary/aromatic N) is 2. The molecule has 0 bridgehead atoms. The zero-order chi connectivity index (χ0) is 10.1. The van der Waals surface area contributed by atoms with Gasteiger partial charge in [0.25, 0.3) is 0 Å². The lowest BCUT2D eigenvalue weighted by Gasteiger charge is -2.10. The molecule has 2 nitrogen and oxygen atoms in total. The van der Waals surface area contributed by atoms with Crippen molar-refractivity contribution in [1.29, 1.82) is 10.5 Å². The van der Waals surface area contributed by atoms with Crippen LogP contribution in [0.5, 0.6) is 0 Å². The molecule has 0 aromatic carbocycles. The minimum Gasteiger partial charge on any atom is -0.198 e. The largest absolute Gasteiger partial charge is 0.198 e. The van der Waals surface area contributed by atoms with Gasteiger partial charge in [-0.3, -0.25) is 0 Å². The van der Waals surface area contributed by atoms with Crippen LogP contribution in [0.3, 0.4) is 0 Å². The normalized spacial score (nSPS) is 11.0. The fraction of sp³-hybridized carbons (Fsp3) is 0.600. The molecule has 0 aromatic heterocycles. The minimum absolute atomic E-state index is 0.246. The van der Waals surface area contributed by atoms with Gasteiger partial charge in [0, 0.05) is 11.7 Å². The van der Waals surface area contributed by atoms with Crippen LogP contribution in [0.4, 0.5) is 0 Å². The Morgan fingerprint density at radius 1 is 1.31 bits per heavy atom. The Hall–Kier alpha value is -0.850. The monoisotopic (exact) mass is 194 g/mol. The van der Waals surface area contributed by atoms with Crippen LogP contribution in [0.25, 0.3) is 0 Å². The number of hydrogen-bond donors (Lipinski definition) is 0. The molecule has 0 rings (SSSR count). The van der Waals surface area contributed by atoms with Crippen molar-refractivity contribution in [2.45, 2.75) is 26.7 Å². The zero-order valence-corrected chi connectivity index (χ0v) is 9.14. The highest BCUT2D eigenvalue weighted by atomic mass is 31.1. The van der Waals surface area contributed by atoms with Crippen molar-refractivity contribution in [2.24, 2.45) is 0 Å². The van der Waals surface area contributed by atoms with Crippen LogP contribution in [-0.4, -0.2) is 12.3 Å². The van der Waals surface area contributed by atoms with Crippen molar-refractivity contribution < 1.29 is 0 Å². The molecule has 0 heterocycles. The van der Waals surface area contributed by atoms with E-state index >= 15 is 0 Å². The molecule has 0 amide bonds. The molecule has 0 aliphatic heterocycles. The highest BCUT2D eigenvalue weighted by molar-refractivity contribution is 7.62. The van der Waals surface area contributed by atoms with Gasteiger partial charge in [0.1, 0.15) is 0 Å². The fourth-order valence-corrected chi connectivity index (χ4v) is 2.74. The van der Waals surface area contributed by atoms with Crippen LogP contribution in [0.2, 0.25) is 0 Å². The van der Waals surface area contributed by atoms with Crippen molar-refractivity contribution in [3.05, 3.63) is 11.4 Å². The van der Waals surface area contributed by atoms with E-state index in [1.807, 2.05) is 6.08 Å². The molecule has 0 aliphatic rings. The van der Waals surface area contributed by atoms with Gasteiger partial charge in [-0.2, -0.15) is 10.5 Å². The lowest BCUT2D eigenvalue weighted by Crippen LogP contribution is -1.86. The van der Waals surface area contributed by atoms with Crippen molar-refractivity contribution >= 4 is 7.92 Å². The average Bonchev–Trinajstić information content (AvgIpc) is 2.17. The smallest absolute Gasteiger partial charge is 0.0992 e. The second kappa shape index (κ2) is 7.78. The van der Waals surface area contributed by atoms with Gasteiger partial charge in [0.15, 0.2) is 0 Å². The van der Waals surface area contributed by atoms with E-state index in [0.717, 1.165) is 24.1 Å². The van der Waals surface area contributed by atoms with Crippen molar-refractivity contribution in [2.75, 3.05) is 12.3 Å². The molecule has 0 saturated heterocycles. The van der Waals surface area contributed by atoms with Crippen molar-refractivity contribution in [3.63, 3.8) is 0 Å². The van der Waals surface area contributed by atoms with Gasteiger partial charge in [0.2, 0.25) is 0 Å². The van der Waals surface area contributed by atoms with Crippen LogP contribution in [0.1, 0.15) is 26.7 Å². The number of hydrogen-bond acceptors (Lipinski definition) is 2.